The van der Waals surface area contributed by atoms with E-state index >= 15 is 0 Å². The van der Waals surface area contributed by atoms with Crippen LogP contribution in [0.5, 0.6) is 5.75 Å². The summed E-state index contributed by atoms with van der Waals surface area (Å²) in [5.41, 5.74) is 1.50. The first kappa shape index (κ1) is 14.1. The first-order valence-electron chi connectivity index (χ1n) is 6.18. The van der Waals surface area contributed by atoms with E-state index in [2.05, 4.69) is 26.1 Å². The molecule has 0 aliphatic carbocycles. The van der Waals surface area contributed by atoms with Gasteiger partial charge in [-0.1, -0.05) is 44.8 Å². The molecule has 0 unspecified atom stereocenters. The third-order valence-electron chi connectivity index (χ3n) is 2.93. The van der Waals surface area contributed by atoms with Gasteiger partial charge in [-0.25, -0.2) is 0 Å². The van der Waals surface area contributed by atoms with Crippen molar-refractivity contribution in [2.75, 3.05) is 0 Å². The summed E-state index contributed by atoms with van der Waals surface area (Å²) in [4.78, 5) is 4.29. The zero-order chi connectivity index (χ0) is 14.8. The van der Waals surface area contributed by atoms with Crippen molar-refractivity contribution in [1.82, 2.24) is 10.1 Å². The average molecular weight is 366 g/mol. The standard InChI is InChI=1S/C15H10BrClN2O2/c16-10-3-1-9(2-4-10)7-14-18-15(21-19-14)12-8-11(17)5-6-13(12)20/h1-6,8,20H,7H2. The third kappa shape index (κ3) is 3.25. The second-order valence-corrected chi connectivity index (χ2v) is 5.83. The van der Waals surface area contributed by atoms with Gasteiger partial charge in [0.1, 0.15) is 5.75 Å². The number of aromatic hydroxyl groups is 1. The van der Waals surface area contributed by atoms with Crippen LogP contribution in [0, 0.1) is 0 Å². The summed E-state index contributed by atoms with van der Waals surface area (Å²) < 4.78 is 6.21. The third-order valence-corrected chi connectivity index (χ3v) is 3.70. The lowest BCUT2D eigenvalue weighted by Gasteiger charge is -1.99. The number of halogens is 2. The average Bonchev–Trinajstić information content (AvgIpc) is 2.92. The molecule has 3 aromatic rings. The highest BCUT2D eigenvalue weighted by atomic mass is 79.9. The van der Waals surface area contributed by atoms with Gasteiger partial charge in [-0.05, 0) is 35.9 Å². The van der Waals surface area contributed by atoms with Gasteiger partial charge < -0.3 is 9.63 Å². The Hall–Kier alpha value is -1.85. The molecule has 106 valence electrons. The van der Waals surface area contributed by atoms with Crippen LogP contribution in [0.3, 0.4) is 0 Å². The van der Waals surface area contributed by atoms with E-state index in [0.29, 0.717) is 22.8 Å². The smallest absolute Gasteiger partial charge is 0.261 e. The second kappa shape index (κ2) is 5.87. The van der Waals surface area contributed by atoms with Gasteiger partial charge >= 0.3 is 0 Å². The number of hydrogen-bond donors (Lipinski definition) is 1. The minimum absolute atomic E-state index is 0.0539. The fraction of sp³-hybridized carbons (Fsp3) is 0.0667. The van der Waals surface area contributed by atoms with E-state index in [9.17, 15) is 5.11 Å². The Balaban J connectivity index is 1.86. The lowest BCUT2D eigenvalue weighted by Crippen LogP contribution is -1.90. The molecule has 0 spiro atoms. The molecule has 1 heterocycles. The van der Waals surface area contributed by atoms with E-state index in [1.54, 1.807) is 12.1 Å². The van der Waals surface area contributed by atoms with Gasteiger partial charge in [0.15, 0.2) is 5.82 Å². The molecule has 1 aromatic heterocycles. The Morgan fingerprint density at radius 3 is 2.67 bits per heavy atom. The molecule has 0 radical (unpaired) electrons. The molecule has 6 heteroatoms. The van der Waals surface area contributed by atoms with E-state index in [0.717, 1.165) is 10.0 Å². The van der Waals surface area contributed by atoms with Crippen molar-refractivity contribution in [3.8, 4) is 17.2 Å². The van der Waals surface area contributed by atoms with Gasteiger partial charge in [0.25, 0.3) is 5.89 Å². The van der Waals surface area contributed by atoms with E-state index < -0.39 is 0 Å². The molecular weight excluding hydrogens is 356 g/mol. The molecule has 0 amide bonds. The molecule has 0 fully saturated rings. The van der Waals surface area contributed by atoms with Crippen LogP contribution in [0.15, 0.2) is 51.5 Å². The molecule has 0 aliphatic rings. The molecule has 4 nitrogen and oxygen atoms in total. The second-order valence-electron chi connectivity index (χ2n) is 4.48. The Bertz CT molecular complexity index is 772. The van der Waals surface area contributed by atoms with Crippen molar-refractivity contribution >= 4 is 27.5 Å². The van der Waals surface area contributed by atoms with Crippen LogP contribution in [-0.4, -0.2) is 15.2 Å². The molecule has 1 N–H and O–H groups in total. The first-order chi connectivity index (χ1) is 10.1. The SMILES string of the molecule is Oc1ccc(Cl)cc1-c1nc(Cc2ccc(Br)cc2)no1. The maximum atomic E-state index is 9.83. The summed E-state index contributed by atoms with van der Waals surface area (Å²) in [6.07, 6.45) is 0.554. The van der Waals surface area contributed by atoms with Crippen LogP contribution >= 0.6 is 27.5 Å². The Kier molecular flexibility index (Phi) is 3.94. The van der Waals surface area contributed by atoms with Crippen LogP contribution < -0.4 is 0 Å². The zero-order valence-corrected chi connectivity index (χ0v) is 13.1. The van der Waals surface area contributed by atoms with Crippen molar-refractivity contribution in [3.63, 3.8) is 0 Å². The number of phenolic OH excluding ortho intramolecular Hbond substituents is 1. The minimum Gasteiger partial charge on any atom is -0.507 e. The molecule has 0 atom stereocenters. The van der Waals surface area contributed by atoms with Gasteiger partial charge in [-0.15, -0.1) is 0 Å². The summed E-state index contributed by atoms with van der Waals surface area (Å²) in [6.45, 7) is 0. The fourth-order valence-electron chi connectivity index (χ4n) is 1.90. The number of benzene rings is 2. The largest absolute Gasteiger partial charge is 0.507 e. The normalized spacial score (nSPS) is 10.8. The van der Waals surface area contributed by atoms with Crippen molar-refractivity contribution in [3.05, 3.63) is 63.3 Å². The van der Waals surface area contributed by atoms with Crippen molar-refractivity contribution in [1.29, 1.82) is 0 Å². The lowest BCUT2D eigenvalue weighted by atomic mass is 10.1. The van der Waals surface area contributed by atoms with Crippen LogP contribution in [0.4, 0.5) is 0 Å². The van der Waals surface area contributed by atoms with Crippen LogP contribution in [-0.2, 0) is 6.42 Å². The van der Waals surface area contributed by atoms with Crippen molar-refractivity contribution in [2.45, 2.75) is 6.42 Å². The quantitative estimate of drug-likeness (QED) is 0.745. The number of phenols is 1. The van der Waals surface area contributed by atoms with E-state index in [-0.39, 0.29) is 11.6 Å². The lowest BCUT2D eigenvalue weighted by molar-refractivity contribution is 0.418. The van der Waals surface area contributed by atoms with Crippen LogP contribution in [0.25, 0.3) is 11.5 Å². The van der Waals surface area contributed by atoms with Crippen LogP contribution in [0.2, 0.25) is 5.02 Å². The summed E-state index contributed by atoms with van der Waals surface area (Å²) >= 11 is 9.30. The number of aromatic nitrogens is 2. The Morgan fingerprint density at radius 2 is 1.90 bits per heavy atom. The molecule has 2 aromatic carbocycles. The van der Waals surface area contributed by atoms with Gasteiger partial charge in [0.05, 0.1) is 5.56 Å². The molecule has 0 bridgehead atoms. The first-order valence-corrected chi connectivity index (χ1v) is 7.35. The highest BCUT2D eigenvalue weighted by Gasteiger charge is 2.13. The molecule has 21 heavy (non-hydrogen) atoms. The van der Waals surface area contributed by atoms with E-state index in [1.807, 2.05) is 24.3 Å². The zero-order valence-electron chi connectivity index (χ0n) is 10.8. The molecule has 0 saturated carbocycles. The van der Waals surface area contributed by atoms with Gasteiger partial charge in [-0.2, -0.15) is 4.98 Å². The summed E-state index contributed by atoms with van der Waals surface area (Å²) in [5.74, 6) is 0.854. The molecule has 0 saturated heterocycles. The summed E-state index contributed by atoms with van der Waals surface area (Å²) in [5, 5.41) is 14.3. The Labute approximate surface area is 134 Å². The number of hydrogen-bond acceptors (Lipinski definition) is 4. The van der Waals surface area contributed by atoms with Crippen LogP contribution in [0.1, 0.15) is 11.4 Å². The topological polar surface area (TPSA) is 59.2 Å². The Morgan fingerprint density at radius 1 is 1.14 bits per heavy atom. The molecule has 3 rings (SSSR count). The molecule has 0 aliphatic heterocycles. The maximum Gasteiger partial charge on any atom is 0.261 e. The van der Waals surface area contributed by atoms with Crippen molar-refractivity contribution in [2.24, 2.45) is 0 Å². The monoisotopic (exact) mass is 364 g/mol. The summed E-state index contributed by atoms with van der Waals surface area (Å²) in [6, 6.07) is 12.6. The molecular formula is C15H10BrClN2O2. The van der Waals surface area contributed by atoms with Crippen molar-refractivity contribution < 1.29 is 9.63 Å². The van der Waals surface area contributed by atoms with Gasteiger partial charge in [-0.3, -0.25) is 0 Å². The van der Waals surface area contributed by atoms with Gasteiger partial charge in [0, 0.05) is 15.9 Å². The van der Waals surface area contributed by atoms with E-state index in [4.69, 9.17) is 16.1 Å². The minimum atomic E-state index is 0.0539. The predicted molar refractivity (Wildman–Crippen MR) is 83.4 cm³/mol. The summed E-state index contributed by atoms with van der Waals surface area (Å²) in [7, 11) is 0. The van der Waals surface area contributed by atoms with E-state index in [1.165, 1.54) is 6.07 Å². The fourth-order valence-corrected chi connectivity index (χ4v) is 2.34. The number of nitrogens with zero attached hydrogens (tertiary/aromatic N) is 2. The predicted octanol–water partition coefficient (Wildman–Crippen LogP) is 4.45. The maximum absolute atomic E-state index is 9.83. The van der Waals surface area contributed by atoms with Gasteiger partial charge in [0.2, 0.25) is 0 Å². The number of rotatable bonds is 3. The highest BCUT2D eigenvalue weighted by Crippen LogP contribution is 2.30. The highest BCUT2D eigenvalue weighted by molar-refractivity contribution is 9.10.